The predicted molar refractivity (Wildman–Crippen MR) is 89.1 cm³/mol. The van der Waals surface area contributed by atoms with Crippen molar-refractivity contribution in [2.45, 2.75) is 23.7 Å². The van der Waals surface area contributed by atoms with Crippen LogP contribution < -0.4 is 9.47 Å². The molecule has 0 atom stereocenters. The molecule has 2 aromatic carbocycles. The number of nitrogens with zero attached hydrogens (tertiary/aromatic N) is 4. The molecule has 2 aromatic rings. The van der Waals surface area contributed by atoms with Crippen LogP contribution in [0.3, 0.4) is 0 Å². The summed E-state index contributed by atoms with van der Waals surface area (Å²) in [6.45, 7) is 0.134. The Bertz CT molecular complexity index is 890. The molecule has 0 saturated carbocycles. The first kappa shape index (κ1) is 20.1. The summed E-state index contributed by atoms with van der Waals surface area (Å²) >= 11 is 0. The van der Waals surface area contributed by atoms with E-state index in [0.29, 0.717) is 11.5 Å². The highest BCUT2D eigenvalue weighted by Gasteiger charge is 2.65. The van der Waals surface area contributed by atoms with Crippen LogP contribution in [-0.2, 0) is 11.3 Å². The smallest absolute Gasteiger partial charge is 0.442 e. The minimum atomic E-state index is -4.60. The van der Waals surface area contributed by atoms with Crippen molar-refractivity contribution in [3.8, 4) is 11.5 Å². The van der Waals surface area contributed by atoms with Gasteiger partial charge in [0.05, 0.1) is 0 Å². The van der Waals surface area contributed by atoms with Gasteiger partial charge in [-0.2, -0.15) is 26.3 Å². The number of benzene rings is 2. The van der Waals surface area contributed by atoms with Crippen LogP contribution in [0.25, 0.3) is 0 Å². The minimum Gasteiger partial charge on any atom is -0.490 e. The largest absolute Gasteiger partial charge is 0.490 e. The second kappa shape index (κ2) is 6.67. The standard InChI is InChI=1S/C18H12F6N4O2/c19-17(20,21)15(25-26-15)11-1-5-13(6-2-11)29-9-10-30-14-7-3-12(4-8-14)16(27-28-16)18(22,23)24/h1-8H,9-10H2. The monoisotopic (exact) mass is 430 g/mol. The third-order valence-electron chi connectivity index (χ3n) is 4.53. The molecule has 0 fully saturated rings. The maximum atomic E-state index is 12.9. The Morgan fingerprint density at radius 3 is 1.10 bits per heavy atom. The van der Waals surface area contributed by atoms with Gasteiger partial charge in [0.15, 0.2) is 0 Å². The van der Waals surface area contributed by atoms with E-state index in [2.05, 4.69) is 20.5 Å². The van der Waals surface area contributed by atoms with E-state index in [9.17, 15) is 26.3 Å². The highest BCUT2D eigenvalue weighted by atomic mass is 19.4. The van der Waals surface area contributed by atoms with Gasteiger partial charge in [0.1, 0.15) is 24.7 Å². The summed E-state index contributed by atoms with van der Waals surface area (Å²) in [6, 6.07) is 10.4. The number of hydrogen-bond acceptors (Lipinski definition) is 6. The third-order valence-corrected chi connectivity index (χ3v) is 4.53. The fourth-order valence-electron chi connectivity index (χ4n) is 2.77. The first-order valence-electron chi connectivity index (χ1n) is 8.56. The molecule has 0 N–H and O–H groups in total. The first-order chi connectivity index (χ1) is 14.1. The van der Waals surface area contributed by atoms with Crippen molar-refractivity contribution in [3.05, 3.63) is 59.7 Å². The zero-order chi connectivity index (χ0) is 21.6. The zero-order valence-electron chi connectivity index (χ0n) is 14.9. The van der Waals surface area contributed by atoms with Crippen molar-refractivity contribution in [1.82, 2.24) is 0 Å². The van der Waals surface area contributed by atoms with Gasteiger partial charge in [0, 0.05) is 11.1 Å². The fraction of sp³-hybridized carbons (Fsp3) is 0.333. The summed E-state index contributed by atoms with van der Waals surface area (Å²) in [5.41, 5.74) is -5.17. The average molecular weight is 430 g/mol. The van der Waals surface area contributed by atoms with Crippen LogP contribution in [0.5, 0.6) is 11.5 Å². The van der Waals surface area contributed by atoms with Gasteiger partial charge in [0.25, 0.3) is 0 Å². The molecule has 2 heterocycles. The quantitative estimate of drug-likeness (QED) is 0.430. The van der Waals surface area contributed by atoms with Crippen LogP contribution in [0, 0.1) is 0 Å². The van der Waals surface area contributed by atoms with Gasteiger partial charge in [-0.3, -0.25) is 0 Å². The molecular formula is C18H12F6N4O2. The number of rotatable bonds is 7. The summed E-state index contributed by atoms with van der Waals surface area (Å²) in [5.74, 6) is 0.638. The van der Waals surface area contributed by atoms with Crippen molar-refractivity contribution >= 4 is 0 Å². The highest BCUT2D eigenvalue weighted by molar-refractivity contribution is 5.36. The molecule has 0 amide bonds. The van der Waals surface area contributed by atoms with E-state index in [4.69, 9.17) is 9.47 Å². The van der Waals surface area contributed by atoms with E-state index in [0.717, 1.165) is 0 Å². The van der Waals surface area contributed by atoms with Crippen molar-refractivity contribution in [1.29, 1.82) is 0 Å². The molecule has 0 spiro atoms. The molecule has 0 radical (unpaired) electrons. The van der Waals surface area contributed by atoms with E-state index in [1.165, 1.54) is 48.5 Å². The Balaban J connectivity index is 1.26. The summed E-state index contributed by atoms with van der Waals surface area (Å²) in [5, 5.41) is 12.5. The molecule has 158 valence electrons. The van der Waals surface area contributed by atoms with Crippen LogP contribution >= 0.6 is 0 Å². The third kappa shape index (κ3) is 3.46. The van der Waals surface area contributed by atoms with E-state index in [-0.39, 0.29) is 24.3 Å². The summed E-state index contributed by atoms with van der Waals surface area (Å²) in [7, 11) is 0. The van der Waals surface area contributed by atoms with Gasteiger partial charge in [-0.05, 0) is 24.3 Å². The maximum Gasteiger partial charge on any atom is 0.442 e. The molecule has 2 aliphatic rings. The lowest BCUT2D eigenvalue weighted by atomic mass is 10.0. The van der Waals surface area contributed by atoms with Gasteiger partial charge in [-0.25, -0.2) is 0 Å². The molecule has 6 nitrogen and oxygen atoms in total. The SMILES string of the molecule is FC(F)(F)C1(c2ccc(OCCOc3ccc(C4(C(F)(F)F)N=N4)cc3)cc2)N=N1. The first-order valence-corrected chi connectivity index (χ1v) is 8.56. The average Bonchev–Trinajstić information content (AvgIpc) is 3.58. The molecule has 0 aliphatic carbocycles. The van der Waals surface area contributed by atoms with Crippen molar-refractivity contribution in [2.75, 3.05) is 13.2 Å². The molecule has 12 heteroatoms. The van der Waals surface area contributed by atoms with E-state index in [1.807, 2.05) is 0 Å². The van der Waals surface area contributed by atoms with Gasteiger partial charge in [-0.15, -0.1) is 20.5 Å². The number of alkyl halides is 6. The zero-order valence-corrected chi connectivity index (χ0v) is 14.9. The molecule has 0 bridgehead atoms. The summed E-state index contributed by atoms with van der Waals surface area (Å²) in [4.78, 5) is 0. The number of halogens is 6. The lowest BCUT2D eigenvalue weighted by molar-refractivity contribution is -0.166. The lowest BCUT2D eigenvalue weighted by Crippen LogP contribution is -2.30. The van der Waals surface area contributed by atoms with Crippen molar-refractivity contribution in [3.63, 3.8) is 0 Å². The minimum absolute atomic E-state index is 0.0669. The molecule has 4 rings (SSSR count). The van der Waals surface area contributed by atoms with E-state index >= 15 is 0 Å². The van der Waals surface area contributed by atoms with Crippen LogP contribution in [0.1, 0.15) is 11.1 Å². The maximum absolute atomic E-state index is 12.9. The summed E-state index contributed by atoms with van der Waals surface area (Å²) in [6.07, 6.45) is -9.19. The lowest BCUT2D eigenvalue weighted by Gasteiger charge is -2.15. The van der Waals surface area contributed by atoms with Gasteiger partial charge in [-0.1, -0.05) is 24.3 Å². The molecule has 0 saturated heterocycles. The van der Waals surface area contributed by atoms with Gasteiger partial charge in [0.2, 0.25) is 0 Å². The van der Waals surface area contributed by atoms with Crippen molar-refractivity contribution in [2.24, 2.45) is 20.5 Å². The Morgan fingerprint density at radius 1 is 0.567 bits per heavy atom. The fourth-order valence-corrected chi connectivity index (χ4v) is 2.77. The highest BCUT2D eigenvalue weighted by Crippen LogP contribution is 2.53. The van der Waals surface area contributed by atoms with Crippen LogP contribution in [0.15, 0.2) is 69.0 Å². The predicted octanol–water partition coefficient (Wildman–Crippen LogP) is 5.51. The second-order valence-electron chi connectivity index (χ2n) is 6.49. The molecule has 0 aromatic heterocycles. The second-order valence-corrected chi connectivity index (χ2v) is 6.49. The Morgan fingerprint density at radius 2 is 0.867 bits per heavy atom. The molecular weight excluding hydrogens is 418 g/mol. The van der Waals surface area contributed by atoms with Gasteiger partial charge >= 0.3 is 23.7 Å². The van der Waals surface area contributed by atoms with Crippen LogP contribution in [0.4, 0.5) is 26.3 Å². The summed E-state index contributed by atoms with van der Waals surface area (Å²) < 4.78 is 88.4. The normalized spacial score (nSPS) is 18.2. The number of ether oxygens (including phenoxy) is 2. The molecule has 0 unspecified atom stereocenters. The Kier molecular flexibility index (Phi) is 4.47. The van der Waals surface area contributed by atoms with Crippen LogP contribution in [0.2, 0.25) is 0 Å². The molecule has 2 aliphatic heterocycles. The van der Waals surface area contributed by atoms with E-state index < -0.39 is 23.7 Å². The van der Waals surface area contributed by atoms with Gasteiger partial charge < -0.3 is 9.47 Å². The topological polar surface area (TPSA) is 67.9 Å². The Hall–Kier alpha value is -3.18. The molecule has 30 heavy (non-hydrogen) atoms. The number of hydrogen-bond donors (Lipinski definition) is 0. The van der Waals surface area contributed by atoms with E-state index in [1.54, 1.807) is 0 Å². The van der Waals surface area contributed by atoms with Crippen LogP contribution in [-0.4, -0.2) is 25.6 Å². The van der Waals surface area contributed by atoms with Crippen molar-refractivity contribution < 1.29 is 35.8 Å². The Labute approximate surface area is 165 Å².